The van der Waals surface area contributed by atoms with Gasteiger partial charge in [0.15, 0.2) is 0 Å². The third kappa shape index (κ3) is 3.35. The minimum absolute atomic E-state index is 0.0811. The topological polar surface area (TPSA) is 47.0 Å². The van der Waals surface area contributed by atoms with E-state index in [-0.39, 0.29) is 6.04 Å². The van der Waals surface area contributed by atoms with E-state index in [4.69, 9.17) is 4.74 Å². The summed E-state index contributed by atoms with van der Waals surface area (Å²) in [5.74, 6) is 0. The van der Waals surface area contributed by atoms with Crippen molar-refractivity contribution in [3.05, 3.63) is 32.2 Å². The van der Waals surface area contributed by atoms with Gasteiger partial charge in [-0.3, -0.25) is 5.32 Å². The summed E-state index contributed by atoms with van der Waals surface area (Å²) < 4.78 is 5.08. The van der Waals surface area contributed by atoms with Crippen LogP contribution in [0.2, 0.25) is 0 Å². The Kier molecular flexibility index (Phi) is 4.82. The Balaban J connectivity index is 2.17. The number of thiazole rings is 2. The van der Waals surface area contributed by atoms with Crippen molar-refractivity contribution < 1.29 is 4.74 Å². The molecule has 1 N–H and O–H groups in total. The lowest BCUT2D eigenvalue weighted by atomic mass is 10.3. The van der Waals surface area contributed by atoms with Gasteiger partial charge in [-0.05, 0) is 13.8 Å². The van der Waals surface area contributed by atoms with E-state index in [1.807, 2.05) is 13.8 Å². The summed E-state index contributed by atoms with van der Waals surface area (Å²) in [7, 11) is 1.71. The van der Waals surface area contributed by atoms with E-state index in [2.05, 4.69) is 26.0 Å². The van der Waals surface area contributed by atoms with E-state index >= 15 is 0 Å². The first-order valence-corrected chi connectivity index (χ1v) is 7.53. The standard InChI is InChI=1S/C12H17N3OS2/c1-8-6-17-11(14-8)10(13-4-5-16-3)12-15-9(2)7-18-12/h6-7,10,13H,4-5H2,1-3H3. The predicted octanol–water partition coefficient (Wildman–Crippen LogP) is 2.54. The molecule has 0 aliphatic rings. The molecule has 2 rings (SSSR count). The first kappa shape index (κ1) is 13.6. The van der Waals surface area contributed by atoms with Crippen LogP contribution >= 0.6 is 22.7 Å². The minimum atomic E-state index is 0.0811. The van der Waals surface area contributed by atoms with Gasteiger partial charge in [0.1, 0.15) is 16.1 Å². The molecule has 2 heterocycles. The Morgan fingerprint density at radius 2 is 1.72 bits per heavy atom. The molecule has 6 heteroatoms. The number of hydrogen-bond donors (Lipinski definition) is 1. The van der Waals surface area contributed by atoms with E-state index in [1.54, 1.807) is 29.8 Å². The molecule has 0 radical (unpaired) electrons. The van der Waals surface area contributed by atoms with E-state index < -0.39 is 0 Å². The van der Waals surface area contributed by atoms with Crippen LogP contribution in [-0.2, 0) is 4.74 Å². The number of hydrogen-bond acceptors (Lipinski definition) is 6. The monoisotopic (exact) mass is 283 g/mol. The molecule has 0 spiro atoms. The fourth-order valence-electron chi connectivity index (χ4n) is 1.60. The summed E-state index contributed by atoms with van der Waals surface area (Å²) >= 11 is 3.34. The molecule has 2 aromatic heterocycles. The molecule has 0 fully saturated rings. The van der Waals surface area contributed by atoms with Gasteiger partial charge in [-0.15, -0.1) is 22.7 Å². The highest BCUT2D eigenvalue weighted by Gasteiger charge is 2.19. The molecular weight excluding hydrogens is 266 g/mol. The lowest BCUT2D eigenvalue weighted by Crippen LogP contribution is -2.25. The molecular formula is C12H17N3OS2. The molecule has 4 nitrogen and oxygen atoms in total. The van der Waals surface area contributed by atoms with Crippen molar-refractivity contribution in [1.29, 1.82) is 0 Å². The lowest BCUT2D eigenvalue weighted by molar-refractivity contribution is 0.197. The number of nitrogens with one attached hydrogen (secondary N) is 1. The zero-order valence-corrected chi connectivity index (χ0v) is 12.4. The van der Waals surface area contributed by atoms with Gasteiger partial charge < -0.3 is 4.74 Å². The molecule has 0 saturated carbocycles. The van der Waals surface area contributed by atoms with Crippen LogP contribution in [0.25, 0.3) is 0 Å². The summed E-state index contributed by atoms with van der Waals surface area (Å²) in [5.41, 5.74) is 2.11. The van der Waals surface area contributed by atoms with Crippen LogP contribution in [0, 0.1) is 13.8 Å². The molecule has 0 amide bonds. The summed E-state index contributed by atoms with van der Waals surface area (Å²) in [4.78, 5) is 9.11. The van der Waals surface area contributed by atoms with Gasteiger partial charge in [-0.2, -0.15) is 0 Å². The molecule has 0 aromatic carbocycles. The van der Waals surface area contributed by atoms with Gasteiger partial charge in [-0.1, -0.05) is 0 Å². The smallest absolute Gasteiger partial charge is 0.117 e. The highest BCUT2D eigenvalue weighted by atomic mass is 32.1. The van der Waals surface area contributed by atoms with Crippen LogP contribution in [0.1, 0.15) is 27.4 Å². The fourth-order valence-corrected chi connectivity index (χ4v) is 3.41. The highest BCUT2D eigenvalue weighted by Crippen LogP contribution is 2.27. The van der Waals surface area contributed by atoms with Crippen LogP contribution in [-0.4, -0.2) is 30.2 Å². The van der Waals surface area contributed by atoms with Gasteiger partial charge in [0, 0.05) is 35.8 Å². The van der Waals surface area contributed by atoms with Crippen molar-refractivity contribution in [3.8, 4) is 0 Å². The third-order valence-electron chi connectivity index (χ3n) is 2.42. The van der Waals surface area contributed by atoms with Crippen molar-refractivity contribution in [2.45, 2.75) is 19.9 Å². The van der Waals surface area contributed by atoms with Crippen LogP contribution < -0.4 is 5.32 Å². The summed E-state index contributed by atoms with van der Waals surface area (Å²) in [6, 6.07) is 0.0811. The molecule has 0 unspecified atom stereocenters. The van der Waals surface area contributed by atoms with Gasteiger partial charge in [-0.25, -0.2) is 9.97 Å². The van der Waals surface area contributed by atoms with Crippen molar-refractivity contribution >= 4 is 22.7 Å². The van der Waals surface area contributed by atoms with E-state index in [1.165, 1.54) is 0 Å². The third-order valence-corrected chi connectivity index (χ3v) is 4.48. The van der Waals surface area contributed by atoms with Crippen LogP contribution in [0.15, 0.2) is 10.8 Å². The van der Waals surface area contributed by atoms with Crippen molar-refractivity contribution in [2.75, 3.05) is 20.3 Å². The van der Waals surface area contributed by atoms with Crippen molar-refractivity contribution in [2.24, 2.45) is 0 Å². The second kappa shape index (κ2) is 6.38. The molecule has 18 heavy (non-hydrogen) atoms. The first-order valence-electron chi connectivity index (χ1n) is 5.77. The first-order chi connectivity index (χ1) is 8.70. The minimum Gasteiger partial charge on any atom is -0.383 e. The summed E-state index contributed by atoms with van der Waals surface area (Å²) in [6.07, 6.45) is 0. The molecule has 2 aromatic rings. The maximum Gasteiger partial charge on any atom is 0.117 e. The average Bonchev–Trinajstić information content (AvgIpc) is 2.94. The van der Waals surface area contributed by atoms with Gasteiger partial charge in [0.25, 0.3) is 0 Å². The Labute approximate surface area is 115 Å². The highest BCUT2D eigenvalue weighted by molar-refractivity contribution is 7.11. The fraction of sp³-hybridized carbons (Fsp3) is 0.500. The maximum atomic E-state index is 5.08. The number of ether oxygens (including phenoxy) is 1. The molecule has 0 aliphatic carbocycles. The molecule has 0 aliphatic heterocycles. The lowest BCUT2D eigenvalue weighted by Gasteiger charge is -2.13. The van der Waals surface area contributed by atoms with Gasteiger partial charge in [0.2, 0.25) is 0 Å². The number of nitrogens with zero attached hydrogens (tertiary/aromatic N) is 2. The number of rotatable bonds is 6. The summed E-state index contributed by atoms with van der Waals surface area (Å²) in [6.45, 7) is 5.50. The van der Waals surface area contributed by atoms with E-state index in [0.29, 0.717) is 6.61 Å². The van der Waals surface area contributed by atoms with Gasteiger partial charge >= 0.3 is 0 Å². The molecule has 0 bridgehead atoms. The Hall–Kier alpha value is -0.820. The Bertz CT molecular complexity index is 455. The Morgan fingerprint density at radius 3 is 2.11 bits per heavy atom. The number of methoxy groups -OCH3 is 1. The normalized spacial score (nSPS) is 11.3. The second-order valence-electron chi connectivity index (χ2n) is 4.03. The zero-order chi connectivity index (χ0) is 13.0. The van der Waals surface area contributed by atoms with Gasteiger partial charge in [0.05, 0.1) is 6.61 Å². The van der Waals surface area contributed by atoms with Crippen molar-refractivity contribution in [1.82, 2.24) is 15.3 Å². The quantitative estimate of drug-likeness (QED) is 0.828. The number of aromatic nitrogens is 2. The van der Waals surface area contributed by atoms with Crippen molar-refractivity contribution in [3.63, 3.8) is 0 Å². The summed E-state index contributed by atoms with van der Waals surface area (Å²) in [5, 5.41) is 9.73. The molecule has 98 valence electrons. The second-order valence-corrected chi connectivity index (χ2v) is 5.81. The van der Waals surface area contributed by atoms with Crippen LogP contribution in [0.4, 0.5) is 0 Å². The van der Waals surface area contributed by atoms with Crippen LogP contribution in [0.5, 0.6) is 0 Å². The molecule has 0 saturated heterocycles. The van der Waals surface area contributed by atoms with Crippen LogP contribution in [0.3, 0.4) is 0 Å². The molecule has 0 atom stereocenters. The maximum absolute atomic E-state index is 5.08. The van der Waals surface area contributed by atoms with E-state index in [9.17, 15) is 0 Å². The van der Waals surface area contributed by atoms with E-state index in [0.717, 1.165) is 27.9 Å². The number of aryl methyl sites for hydroxylation is 2. The largest absolute Gasteiger partial charge is 0.383 e. The zero-order valence-electron chi connectivity index (χ0n) is 10.8. The average molecular weight is 283 g/mol. The predicted molar refractivity (Wildman–Crippen MR) is 75.4 cm³/mol. The Morgan fingerprint density at radius 1 is 1.17 bits per heavy atom. The SMILES string of the molecule is COCCNC(c1nc(C)cs1)c1nc(C)cs1.